The number of hydrogen-bond donors (Lipinski definition) is 1. The molecule has 2 aromatic carbocycles. The number of rotatable bonds is 4. The van der Waals surface area contributed by atoms with Crippen LogP contribution in [0.2, 0.25) is 0 Å². The van der Waals surface area contributed by atoms with Crippen LogP contribution < -0.4 is 10.1 Å². The fourth-order valence-electron chi connectivity index (χ4n) is 2.57. The van der Waals surface area contributed by atoms with Gasteiger partial charge in [-0.3, -0.25) is 10.1 Å². The molecular weight excluding hydrogens is 268 g/mol. The van der Waals surface area contributed by atoms with Crippen molar-refractivity contribution in [2.45, 2.75) is 19.4 Å². The Bertz CT molecular complexity index is 660. The van der Waals surface area contributed by atoms with Gasteiger partial charge in [0.1, 0.15) is 11.9 Å². The molecule has 5 nitrogen and oxygen atoms in total. The smallest absolute Gasteiger partial charge is 0.271 e. The molecule has 2 aromatic rings. The number of nitro benzene ring substituents is 1. The van der Waals surface area contributed by atoms with Crippen molar-refractivity contribution in [3.05, 3.63) is 63.7 Å². The highest BCUT2D eigenvalue weighted by atomic mass is 16.6. The van der Waals surface area contributed by atoms with E-state index in [0.717, 1.165) is 23.4 Å². The molecule has 0 aromatic heterocycles. The van der Waals surface area contributed by atoms with Crippen LogP contribution in [0.5, 0.6) is 5.75 Å². The van der Waals surface area contributed by atoms with Gasteiger partial charge >= 0.3 is 0 Å². The summed E-state index contributed by atoms with van der Waals surface area (Å²) < 4.78 is 5.84. The fraction of sp³-hybridized carbons (Fsp3) is 0.250. The Morgan fingerprint density at radius 2 is 2.14 bits per heavy atom. The van der Waals surface area contributed by atoms with Gasteiger partial charge in [-0.15, -0.1) is 0 Å². The molecule has 1 N–H and O–H groups in total. The number of nitro groups is 1. The molecule has 0 fully saturated rings. The van der Waals surface area contributed by atoms with Gasteiger partial charge < -0.3 is 10.1 Å². The van der Waals surface area contributed by atoms with Gasteiger partial charge in [0.25, 0.3) is 5.69 Å². The first-order valence-electron chi connectivity index (χ1n) is 6.86. The zero-order chi connectivity index (χ0) is 14.8. The molecule has 5 heteroatoms. The molecule has 3 rings (SSSR count). The number of hydrogen-bond acceptors (Lipinski definition) is 4. The third-order valence-corrected chi connectivity index (χ3v) is 3.52. The maximum Gasteiger partial charge on any atom is 0.271 e. The molecule has 0 amide bonds. The lowest BCUT2D eigenvalue weighted by Crippen LogP contribution is -2.24. The third-order valence-electron chi connectivity index (χ3n) is 3.52. The average molecular weight is 284 g/mol. The zero-order valence-electron chi connectivity index (χ0n) is 11.7. The lowest BCUT2D eigenvalue weighted by atomic mass is 10.1. The molecule has 1 aliphatic heterocycles. The molecule has 1 atom stereocenters. The van der Waals surface area contributed by atoms with E-state index in [1.165, 1.54) is 5.56 Å². The monoisotopic (exact) mass is 284 g/mol. The summed E-state index contributed by atoms with van der Waals surface area (Å²) in [6.45, 7) is 2.47. The third kappa shape index (κ3) is 2.97. The minimum Gasteiger partial charge on any atom is -0.488 e. The number of aryl methyl sites for hydroxylation is 1. The number of nitrogens with one attached hydrogen (secondary N) is 1. The van der Waals surface area contributed by atoms with E-state index >= 15 is 0 Å². The molecule has 21 heavy (non-hydrogen) atoms. The summed E-state index contributed by atoms with van der Waals surface area (Å²) in [6.07, 6.45) is 0.916. The number of nitrogens with zero attached hydrogens (tertiary/aromatic N) is 1. The van der Waals surface area contributed by atoms with Crippen molar-refractivity contribution in [2.24, 2.45) is 0 Å². The van der Waals surface area contributed by atoms with E-state index in [-0.39, 0.29) is 16.7 Å². The fourth-order valence-corrected chi connectivity index (χ4v) is 2.57. The van der Waals surface area contributed by atoms with Crippen LogP contribution in [0, 0.1) is 17.0 Å². The molecule has 108 valence electrons. The van der Waals surface area contributed by atoms with Crippen LogP contribution >= 0.6 is 0 Å². The van der Waals surface area contributed by atoms with Crippen LogP contribution in [-0.4, -0.2) is 17.6 Å². The minimum absolute atomic E-state index is 0.0574. The molecule has 0 saturated carbocycles. The second-order valence-corrected chi connectivity index (χ2v) is 5.25. The highest BCUT2D eigenvalue weighted by Gasteiger charge is 2.22. The second-order valence-electron chi connectivity index (χ2n) is 5.25. The van der Waals surface area contributed by atoms with Crippen molar-refractivity contribution < 1.29 is 9.66 Å². The Morgan fingerprint density at radius 1 is 1.33 bits per heavy atom. The van der Waals surface area contributed by atoms with Crippen LogP contribution in [0.1, 0.15) is 11.1 Å². The van der Waals surface area contributed by atoms with Gasteiger partial charge in [0, 0.05) is 24.2 Å². The summed E-state index contributed by atoms with van der Waals surface area (Å²) in [4.78, 5) is 10.5. The summed E-state index contributed by atoms with van der Waals surface area (Å²) in [6, 6.07) is 13.0. The van der Waals surface area contributed by atoms with Crippen LogP contribution in [0.4, 0.5) is 11.4 Å². The van der Waals surface area contributed by atoms with Crippen molar-refractivity contribution in [3.8, 4) is 5.75 Å². The Kier molecular flexibility index (Phi) is 3.48. The van der Waals surface area contributed by atoms with Gasteiger partial charge in [0.2, 0.25) is 0 Å². The van der Waals surface area contributed by atoms with E-state index in [0.29, 0.717) is 6.54 Å². The van der Waals surface area contributed by atoms with Crippen LogP contribution in [0.25, 0.3) is 0 Å². The number of ether oxygens (including phenoxy) is 1. The highest BCUT2D eigenvalue weighted by molar-refractivity contribution is 5.54. The number of anilines is 1. The molecule has 0 radical (unpaired) electrons. The predicted molar refractivity (Wildman–Crippen MR) is 80.9 cm³/mol. The van der Waals surface area contributed by atoms with Gasteiger partial charge in [-0.05, 0) is 30.2 Å². The topological polar surface area (TPSA) is 64.4 Å². The summed E-state index contributed by atoms with van der Waals surface area (Å²) >= 11 is 0. The molecule has 1 heterocycles. The maximum absolute atomic E-state index is 10.9. The number of para-hydroxylation sites is 1. The van der Waals surface area contributed by atoms with Gasteiger partial charge in [-0.2, -0.15) is 0 Å². The Morgan fingerprint density at radius 3 is 2.90 bits per heavy atom. The molecule has 0 saturated heterocycles. The average Bonchev–Trinajstić information content (AvgIpc) is 2.87. The summed E-state index contributed by atoms with van der Waals surface area (Å²) in [5.41, 5.74) is 2.93. The van der Waals surface area contributed by atoms with E-state index < -0.39 is 0 Å². The van der Waals surface area contributed by atoms with Crippen LogP contribution in [-0.2, 0) is 6.42 Å². The van der Waals surface area contributed by atoms with E-state index in [9.17, 15) is 10.1 Å². The first kappa shape index (κ1) is 13.4. The molecule has 0 aliphatic carbocycles. The zero-order valence-corrected chi connectivity index (χ0v) is 11.7. The normalized spacial score (nSPS) is 16.1. The summed E-state index contributed by atoms with van der Waals surface area (Å²) in [5, 5.41) is 14.1. The molecule has 1 aliphatic rings. The van der Waals surface area contributed by atoms with Crippen molar-refractivity contribution in [3.63, 3.8) is 0 Å². The summed E-state index contributed by atoms with van der Waals surface area (Å²) in [5.74, 6) is 0.930. The first-order valence-corrected chi connectivity index (χ1v) is 6.86. The van der Waals surface area contributed by atoms with Crippen molar-refractivity contribution in [2.75, 3.05) is 11.9 Å². The van der Waals surface area contributed by atoms with Crippen molar-refractivity contribution >= 4 is 11.4 Å². The standard InChI is InChI=1S/C16H16N2O3/c1-11-6-13(9-14(7-11)18(19)20)17-10-15-8-12-4-2-3-5-16(12)21-15/h2-7,9,15,17H,8,10H2,1H3. The van der Waals surface area contributed by atoms with E-state index in [4.69, 9.17) is 4.74 Å². The van der Waals surface area contributed by atoms with Gasteiger partial charge in [-0.25, -0.2) is 0 Å². The second kappa shape index (κ2) is 5.44. The lowest BCUT2D eigenvalue weighted by Gasteiger charge is -2.13. The van der Waals surface area contributed by atoms with E-state index in [2.05, 4.69) is 11.4 Å². The first-order chi connectivity index (χ1) is 10.1. The lowest BCUT2D eigenvalue weighted by molar-refractivity contribution is -0.384. The van der Waals surface area contributed by atoms with Crippen LogP contribution in [0.15, 0.2) is 42.5 Å². The quantitative estimate of drug-likeness (QED) is 0.691. The molecular formula is C16H16N2O3. The molecule has 0 bridgehead atoms. The Balaban J connectivity index is 1.65. The Hall–Kier alpha value is -2.56. The molecule has 0 spiro atoms. The largest absolute Gasteiger partial charge is 0.488 e. The molecule has 1 unspecified atom stereocenters. The summed E-state index contributed by atoms with van der Waals surface area (Å²) in [7, 11) is 0. The van der Waals surface area contributed by atoms with E-state index in [1.54, 1.807) is 12.1 Å². The number of benzene rings is 2. The van der Waals surface area contributed by atoms with Gasteiger partial charge in [-0.1, -0.05) is 18.2 Å². The predicted octanol–water partition coefficient (Wildman–Crippen LogP) is 3.32. The maximum atomic E-state index is 10.9. The van der Waals surface area contributed by atoms with E-state index in [1.807, 2.05) is 31.2 Å². The highest BCUT2D eigenvalue weighted by Crippen LogP contribution is 2.28. The van der Waals surface area contributed by atoms with Gasteiger partial charge in [0.15, 0.2) is 0 Å². The number of fused-ring (bicyclic) bond motifs is 1. The number of non-ortho nitro benzene ring substituents is 1. The van der Waals surface area contributed by atoms with Crippen LogP contribution in [0.3, 0.4) is 0 Å². The van der Waals surface area contributed by atoms with Crippen molar-refractivity contribution in [1.82, 2.24) is 0 Å². The Labute approximate surface area is 122 Å². The van der Waals surface area contributed by atoms with Gasteiger partial charge in [0.05, 0.1) is 11.5 Å². The minimum atomic E-state index is -0.375. The van der Waals surface area contributed by atoms with Crippen molar-refractivity contribution in [1.29, 1.82) is 0 Å². The SMILES string of the molecule is Cc1cc(NCC2Cc3ccccc3O2)cc([N+](=O)[O-])c1.